The SMILES string of the molecule is Cn1ncc2cc(N3CC4CC4=C4CC(C(=O)N5CCC(F)(F)CC5)=CC=C43)ccc2c1=O. The highest BCUT2D eigenvalue weighted by Crippen LogP contribution is 2.51. The summed E-state index contributed by atoms with van der Waals surface area (Å²) in [7, 11) is 1.64. The van der Waals surface area contributed by atoms with E-state index >= 15 is 0 Å². The molecule has 6 nitrogen and oxygen atoms in total. The molecule has 1 saturated heterocycles. The normalized spacial score (nSPS) is 23.7. The van der Waals surface area contributed by atoms with Crippen LogP contribution in [0.4, 0.5) is 14.5 Å². The first-order valence-electron chi connectivity index (χ1n) is 11.3. The van der Waals surface area contributed by atoms with Gasteiger partial charge < -0.3 is 9.80 Å². The molecule has 1 unspecified atom stereocenters. The Kier molecular flexibility index (Phi) is 4.38. The molecule has 0 radical (unpaired) electrons. The van der Waals surface area contributed by atoms with E-state index in [9.17, 15) is 18.4 Å². The second kappa shape index (κ2) is 7.10. The lowest BCUT2D eigenvalue weighted by atomic mass is 9.91. The van der Waals surface area contributed by atoms with Crippen molar-refractivity contribution in [3.8, 4) is 0 Å². The van der Waals surface area contributed by atoms with E-state index in [0.717, 1.165) is 29.7 Å². The lowest BCUT2D eigenvalue weighted by Gasteiger charge is -2.36. The quantitative estimate of drug-likeness (QED) is 0.702. The van der Waals surface area contributed by atoms with Crippen molar-refractivity contribution in [1.29, 1.82) is 0 Å². The second-order valence-corrected chi connectivity index (χ2v) is 9.43. The number of anilines is 1. The average Bonchev–Trinajstić information content (AvgIpc) is 3.60. The number of carbonyl (C=O) groups is 1. The molecular weight excluding hydrogens is 426 g/mol. The van der Waals surface area contributed by atoms with Crippen LogP contribution in [-0.4, -0.2) is 46.1 Å². The predicted octanol–water partition coefficient (Wildman–Crippen LogP) is 3.54. The van der Waals surface area contributed by atoms with E-state index in [0.29, 0.717) is 23.3 Å². The molecule has 2 aromatic rings. The molecule has 4 aliphatic rings. The molecule has 2 aliphatic heterocycles. The van der Waals surface area contributed by atoms with E-state index in [-0.39, 0.29) is 37.4 Å². The van der Waals surface area contributed by atoms with Crippen molar-refractivity contribution in [3.05, 3.63) is 69.3 Å². The smallest absolute Gasteiger partial charge is 0.274 e. The van der Waals surface area contributed by atoms with E-state index in [4.69, 9.17) is 0 Å². The fraction of sp³-hybridized carbons (Fsp3) is 0.400. The van der Waals surface area contributed by atoms with E-state index in [2.05, 4.69) is 10.00 Å². The van der Waals surface area contributed by atoms with Crippen molar-refractivity contribution in [3.63, 3.8) is 0 Å². The number of fused-ring (bicyclic) bond motifs is 3. The molecule has 0 bridgehead atoms. The Morgan fingerprint density at radius 1 is 1.18 bits per heavy atom. The number of aromatic nitrogens is 2. The number of hydrogen-bond donors (Lipinski definition) is 0. The molecule has 170 valence electrons. The van der Waals surface area contributed by atoms with Gasteiger partial charge in [0.2, 0.25) is 5.91 Å². The number of rotatable bonds is 2. The van der Waals surface area contributed by atoms with Crippen LogP contribution in [0.25, 0.3) is 10.8 Å². The van der Waals surface area contributed by atoms with E-state index in [1.165, 1.54) is 15.8 Å². The minimum atomic E-state index is -2.67. The van der Waals surface area contributed by atoms with Crippen LogP contribution in [0.15, 0.2) is 63.8 Å². The van der Waals surface area contributed by atoms with Crippen molar-refractivity contribution in [1.82, 2.24) is 14.7 Å². The number of benzene rings is 1. The zero-order valence-electron chi connectivity index (χ0n) is 18.4. The second-order valence-electron chi connectivity index (χ2n) is 9.43. The zero-order chi connectivity index (χ0) is 22.9. The topological polar surface area (TPSA) is 58.4 Å². The van der Waals surface area contributed by atoms with E-state index < -0.39 is 5.92 Å². The molecule has 1 amide bonds. The maximum absolute atomic E-state index is 13.5. The minimum absolute atomic E-state index is 0.102. The molecule has 2 fully saturated rings. The minimum Gasteiger partial charge on any atom is -0.341 e. The highest BCUT2D eigenvalue weighted by atomic mass is 19.3. The summed E-state index contributed by atoms with van der Waals surface area (Å²) in [5, 5.41) is 5.58. The Morgan fingerprint density at radius 3 is 2.76 bits per heavy atom. The fourth-order valence-corrected chi connectivity index (χ4v) is 5.25. The molecule has 3 heterocycles. The van der Waals surface area contributed by atoms with Gasteiger partial charge in [-0.1, -0.05) is 11.6 Å². The molecule has 2 aliphatic carbocycles. The Hall–Kier alpha value is -3.29. The number of allylic oxidation sites excluding steroid dienone is 3. The number of alkyl halides is 2. The van der Waals surface area contributed by atoms with Crippen LogP contribution in [0.1, 0.15) is 25.7 Å². The van der Waals surface area contributed by atoms with Gasteiger partial charge in [-0.15, -0.1) is 0 Å². The van der Waals surface area contributed by atoms with Gasteiger partial charge in [-0.3, -0.25) is 9.59 Å². The Balaban J connectivity index is 1.31. The average molecular weight is 450 g/mol. The maximum atomic E-state index is 13.5. The lowest BCUT2D eigenvalue weighted by Crippen LogP contribution is -2.43. The monoisotopic (exact) mass is 450 g/mol. The third-order valence-corrected chi connectivity index (χ3v) is 7.30. The summed E-state index contributed by atoms with van der Waals surface area (Å²) < 4.78 is 28.3. The Morgan fingerprint density at radius 2 is 1.97 bits per heavy atom. The van der Waals surface area contributed by atoms with Gasteiger partial charge >= 0.3 is 0 Å². The highest BCUT2D eigenvalue weighted by molar-refractivity contribution is 5.95. The first kappa shape index (κ1) is 20.3. The van der Waals surface area contributed by atoms with Crippen molar-refractivity contribution >= 4 is 22.4 Å². The van der Waals surface area contributed by atoms with E-state index in [1.54, 1.807) is 18.1 Å². The Bertz CT molecular complexity index is 1340. The molecule has 1 saturated carbocycles. The van der Waals surface area contributed by atoms with Gasteiger partial charge in [0.15, 0.2) is 0 Å². The molecule has 1 atom stereocenters. The summed E-state index contributed by atoms with van der Waals surface area (Å²) in [6.07, 6.45) is 6.57. The van der Waals surface area contributed by atoms with Gasteiger partial charge in [0.1, 0.15) is 0 Å². The van der Waals surface area contributed by atoms with Gasteiger partial charge in [0.05, 0.1) is 11.6 Å². The summed E-state index contributed by atoms with van der Waals surface area (Å²) >= 11 is 0. The largest absolute Gasteiger partial charge is 0.341 e. The maximum Gasteiger partial charge on any atom is 0.274 e. The summed E-state index contributed by atoms with van der Waals surface area (Å²) in [5.74, 6) is -2.33. The molecule has 1 aromatic heterocycles. The predicted molar refractivity (Wildman–Crippen MR) is 121 cm³/mol. The fourth-order valence-electron chi connectivity index (χ4n) is 5.25. The van der Waals surface area contributed by atoms with Crippen molar-refractivity contribution in [2.75, 3.05) is 24.5 Å². The summed E-state index contributed by atoms with van der Waals surface area (Å²) in [6.45, 7) is 1.07. The number of halogens is 2. The molecule has 0 spiro atoms. The van der Waals surface area contributed by atoms with Gasteiger partial charge in [0.25, 0.3) is 11.5 Å². The molecule has 0 N–H and O–H groups in total. The summed E-state index contributed by atoms with van der Waals surface area (Å²) in [5.41, 5.74) is 5.20. The van der Waals surface area contributed by atoms with Crippen LogP contribution >= 0.6 is 0 Å². The number of carbonyl (C=O) groups excluding carboxylic acids is 1. The number of hydrogen-bond acceptors (Lipinski definition) is 4. The van der Waals surface area contributed by atoms with Crippen molar-refractivity contribution < 1.29 is 13.6 Å². The first-order valence-corrected chi connectivity index (χ1v) is 11.3. The first-order chi connectivity index (χ1) is 15.8. The molecular formula is C25H24F2N4O2. The third kappa shape index (κ3) is 3.39. The lowest BCUT2D eigenvalue weighted by molar-refractivity contribution is -0.133. The van der Waals surface area contributed by atoms with Crippen LogP contribution in [0, 0.1) is 5.92 Å². The van der Waals surface area contributed by atoms with Crippen LogP contribution in [0.5, 0.6) is 0 Å². The number of likely N-dealkylation sites (tertiary alicyclic amines) is 1. The van der Waals surface area contributed by atoms with Gasteiger partial charge in [-0.25, -0.2) is 13.5 Å². The third-order valence-electron chi connectivity index (χ3n) is 7.30. The molecule has 6 rings (SSSR count). The molecule has 1 aromatic carbocycles. The number of piperidine rings is 1. The summed E-state index contributed by atoms with van der Waals surface area (Å²) in [4.78, 5) is 29.2. The number of aryl methyl sites for hydroxylation is 1. The van der Waals surface area contributed by atoms with Gasteiger partial charge in [0, 0.05) is 74.2 Å². The standard InChI is InChI=1S/C25H24F2N4O2/c1-29-24(33)19-4-3-18(10-16(19)13-28-29)31-14-17-12-20(17)21-11-15(2-5-22(21)31)23(32)30-8-6-25(26,27)7-9-30/h2-5,10,13,17H,6-9,11-12,14H2,1H3. The van der Waals surface area contributed by atoms with Crippen molar-refractivity contribution in [2.24, 2.45) is 13.0 Å². The van der Waals surface area contributed by atoms with Crippen LogP contribution in [-0.2, 0) is 11.8 Å². The Labute approximate surface area is 189 Å². The zero-order valence-corrected chi connectivity index (χ0v) is 18.4. The van der Waals surface area contributed by atoms with Crippen LogP contribution < -0.4 is 10.5 Å². The highest BCUT2D eigenvalue weighted by Gasteiger charge is 2.43. The van der Waals surface area contributed by atoms with Crippen LogP contribution in [0.2, 0.25) is 0 Å². The van der Waals surface area contributed by atoms with Crippen molar-refractivity contribution in [2.45, 2.75) is 31.6 Å². The van der Waals surface area contributed by atoms with Gasteiger partial charge in [-0.2, -0.15) is 5.10 Å². The van der Waals surface area contributed by atoms with E-state index in [1.807, 2.05) is 30.4 Å². The molecule has 8 heteroatoms. The van der Waals surface area contributed by atoms with Gasteiger partial charge in [-0.05, 0) is 36.3 Å². The van der Waals surface area contributed by atoms with Crippen LogP contribution in [0.3, 0.4) is 0 Å². The summed E-state index contributed by atoms with van der Waals surface area (Å²) in [6, 6.07) is 5.81. The molecule has 33 heavy (non-hydrogen) atoms. The number of amides is 1. The number of nitrogens with zero attached hydrogens (tertiary/aromatic N) is 4.